The number of ether oxygens (including phenoxy) is 1. The molecule has 3 N–H and O–H groups in total. The fourth-order valence-electron chi connectivity index (χ4n) is 4.53. The van der Waals surface area contributed by atoms with E-state index in [1.807, 2.05) is 13.8 Å². The summed E-state index contributed by atoms with van der Waals surface area (Å²) >= 11 is 0. The van der Waals surface area contributed by atoms with Gasteiger partial charge in [-0.15, -0.1) is 6.42 Å². The number of phenolic OH excluding ortho intramolecular Hbond substituents is 1. The van der Waals surface area contributed by atoms with Crippen LogP contribution in [0, 0.1) is 12.3 Å². The summed E-state index contributed by atoms with van der Waals surface area (Å²) in [4.78, 5) is 42.6. The molecule has 0 bridgehead atoms. The number of phenols is 1. The van der Waals surface area contributed by atoms with Gasteiger partial charge in [-0.05, 0) is 83.2 Å². The minimum Gasteiger partial charge on any atom is -0.508 e. The molecule has 1 aliphatic carbocycles. The van der Waals surface area contributed by atoms with Crippen molar-refractivity contribution in [2.75, 3.05) is 0 Å². The number of hydrogen-bond acceptors (Lipinski definition) is 5. The topological polar surface area (TPSA) is 108 Å². The molecule has 0 aliphatic heterocycles. The van der Waals surface area contributed by atoms with Crippen LogP contribution in [0.5, 0.6) is 5.75 Å². The van der Waals surface area contributed by atoms with Gasteiger partial charge >= 0.3 is 6.09 Å². The Kier molecular flexibility index (Phi) is 9.63. The summed E-state index contributed by atoms with van der Waals surface area (Å²) < 4.78 is 5.47. The van der Waals surface area contributed by atoms with Crippen molar-refractivity contribution < 1.29 is 24.2 Å². The van der Waals surface area contributed by atoms with Gasteiger partial charge in [0.15, 0.2) is 0 Å². The fourth-order valence-corrected chi connectivity index (χ4v) is 4.53. The van der Waals surface area contributed by atoms with Crippen LogP contribution in [0.4, 0.5) is 4.79 Å². The number of hydrogen-bond donors (Lipinski definition) is 3. The van der Waals surface area contributed by atoms with Gasteiger partial charge in [-0.25, -0.2) is 4.79 Å². The van der Waals surface area contributed by atoms with E-state index in [1.54, 1.807) is 62.1 Å². The van der Waals surface area contributed by atoms with Crippen molar-refractivity contribution in [3.05, 3.63) is 65.2 Å². The average molecular weight is 534 g/mol. The Bertz CT molecular complexity index is 1210. The average Bonchev–Trinajstić information content (AvgIpc) is 2.81. The van der Waals surface area contributed by atoms with Gasteiger partial charge in [0.05, 0.1) is 0 Å². The number of amides is 3. The molecule has 208 valence electrons. The van der Waals surface area contributed by atoms with E-state index in [1.165, 1.54) is 12.1 Å². The summed E-state index contributed by atoms with van der Waals surface area (Å²) in [6, 6.07) is 11.2. The number of carbonyl (C=O) groups excluding carboxylic acids is 3. The van der Waals surface area contributed by atoms with Crippen molar-refractivity contribution in [3.8, 4) is 18.1 Å². The molecule has 8 heteroatoms. The lowest BCUT2D eigenvalue weighted by Crippen LogP contribution is -2.58. The van der Waals surface area contributed by atoms with Gasteiger partial charge in [-0.2, -0.15) is 0 Å². The monoisotopic (exact) mass is 533 g/mol. The maximum atomic E-state index is 14.4. The number of aromatic hydroxyl groups is 1. The summed E-state index contributed by atoms with van der Waals surface area (Å²) in [5, 5.41) is 15.4. The van der Waals surface area contributed by atoms with Gasteiger partial charge in [0.1, 0.15) is 23.4 Å². The molecule has 3 rings (SSSR count). The number of carbonyl (C=O) groups is 3. The molecule has 2 atom stereocenters. The largest absolute Gasteiger partial charge is 0.508 e. The third-order valence-corrected chi connectivity index (χ3v) is 6.46. The zero-order valence-corrected chi connectivity index (χ0v) is 23.4. The van der Waals surface area contributed by atoms with Crippen LogP contribution in [0.1, 0.15) is 76.6 Å². The minimum atomic E-state index is -1.03. The lowest BCUT2D eigenvalue weighted by Gasteiger charge is -2.44. The van der Waals surface area contributed by atoms with E-state index in [-0.39, 0.29) is 30.2 Å². The van der Waals surface area contributed by atoms with Crippen LogP contribution in [0.3, 0.4) is 0 Å². The second kappa shape index (κ2) is 12.7. The molecule has 0 aromatic heterocycles. The van der Waals surface area contributed by atoms with Gasteiger partial charge in [0, 0.05) is 24.1 Å². The Morgan fingerprint density at radius 1 is 1.08 bits per heavy atom. The molecule has 0 spiro atoms. The molecule has 1 saturated carbocycles. The van der Waals surface area contributed by atoms with Gasteiger partial charge < -0.3 is 25.4 Å². The Balaban J connectivity index is 2.08. The Morgan fingerprint density at radius 2 is 1.72 bits per heavy atom. The van der Waals surface area contributed by atoms with Crippen molar-refractivity contribution in [2.45, 2.75) is 90.1 Å². The van der Waals surface area contributed by atoms with E-state index in [0.29, 0.717) is 11.1 Å². The van der Waals surface area contributed by atoms with Crippen molar-refractivity contribution in [2.24, 2.45) is 0 Å². The molecular formula is C31H39N3O5. The highest BCUT2D eigenvalue weighted by molar-refractivity contribution is 5.93. The van der Waals surface area contributed by atoms with Crippen LogP contribution >= 0.6 is 0 Å². The molecule has 8 nitrogen and oxygen atoms in total. The van der Waals surface area contributed by atoms with Crippen LogP contribution < -0.4 is 10.6 Å². The van der Waals surface area contributed by atoms with E-state index < -0.39 is 29.7 Å². The van der Waals surface area contributed by atoms with Crippen molar-refractivity contribution in [1.82, 2.24) is 15.5 Å². The highest BCUT2D eigenvalue weighted by Gasteiger charge is 2.42. The van der Waals surface area contributed by atoms with Crippen LogP contribution in [-0.2, 0) is 20.7 Å². The molecular weight excluding hydrogens is 494 g/mol. The molecule has 2 unspecified atom stereocenters. The first-order valence-electron chi connectivity index (χ1n) is 13.3. The van der Waals surface area contributed by atoms with Crippen LogP contribution in [-0.4, -0.2) is 51.6 Å². The lowest BCUT2D eigenvalue weighted by atomic mass is 9.86. The first-order valence-corrected chi connectivity index (χ1v) is 13.3. The van der Waals surface area contributed by atoms with Gasteiger partial charge in [-0.3, -0.25) is 9.59 Å². The van der Waals surface area contributed by atoms with Crippen molar-refractivity contribution in [1.29, 1.82) is 0 Å². The van der Waals surface area contributed by atoms with Gasteiger partial charge in [0.25, 0.3) is 0 Å². The Hall–Kier alpha value is -3.99. The molecule has 39 heavy (non-hydrogen) atoms. The molecule has 1 fully saturated rings. The summed E-state index contributed by atoms with van der Waals surface area (Å²) in [5.74, 6) is 2.00. The minimum absolute atomic E-state index is 0.0918. The normalized spacial score (nSPS) is 14.9. The number of nitrogens with zero attached hydrogens (tertiary/aromatic N) is 1. The number of benzene rings is 2. The highest BCUT2D eigenvalue weighted by Crippen LogP contribution is 2.35. The van der Waals surface area contributed by atoms with Gasteiger partial charge in [0.2, 0.25) is 11.8 Å². The van der Waals surface area contributed by atoms with E-state index >= 15 is 0 Å². The maximum absolute atomic E-state index is 14.4. The zero-order valence-electron chi connectivity index (χ0n) is 23.4. The van der Waals surface area contributed by atoms with Crippen LogP contribution in [0.2, 0.25) is 0 Å². The highest BCUT2D eigenvalue weighted by atomic mass is 16.6. The summed E-state index contributed by atoms with van der Waals surface area (Å²) in [5.41, 5.74) is 1.03. The maximum Gasteiger partial charge on any atom is 0.408 e. The molecule has 2 aromatic rings. The molecule has 0 saturated heterocycles. The van der Waals surface area contributed by atoms with E-state index in [0.717, 1.165) is 24.8 Å². The van der Waals surface area contributed by atoms with Crippen molar-refractivity contribution in [3.63, 3.8) is 0 Å². The third kappa shape index (κ3) is 8.00. The second-order valence-electron chi connectivity index (χ2n) is 11.2. The predicted octanol–water partition coefficient (Wildman–Crippen LogP) is 4.46. The first kappa shape index (κ1) is 29.6. The number of rotatable bonds is 9. The van der Waals surface area contributed by atoms with E-state index in [9.17, 15) is 19.5 Å². The SMILES string of the molecule is C#Cc1ccccc1C(C(=O)NC(C)C)N(C(=O)C(Cc1ccc(O)cc1)NC(=O)OC(C)(C)C)C1CCC1. The number of nitrogens with one attached hydrogen (secondary N) is 2. The van der Waals surface area contributed by atoms with Crippen LogP contribution in [0.25, 0.3) is 0 Å². The second-order valence-corrected chi connectivity index (χ2v) is 11.2. The molecule has 2 aromatic carbocycles. The van der Waals surface area contributed by atoms with Gasteiger partial charge in [-0.1, -0.05) is 36.3 Å². The summed E-state index contributed by atoms with van der Waals surface area (Å²) in [7, 11) is 0. The molecule has 1 aliphatic rings. The lowest BCUT2D eigenvalue weighted by molar-refractivity contribution is -0.147. The predicted molar refractivity (Wildman–Crippen MR) is 150 cm³/mol. The van der Waals surface area contributed by atoms with E-state index in [2.05, 4.69) is 16.6 Å². The number of alkyl carbamates (subject to hydrolysis) is 1. The van der Waals surface area contributed by atoms with E-state index in [4.69, 9.17) is 11.2 Å². The standard InChI is InChI=1S/C31H39N3O5/c1-7-22-11-8-9-14-25(22)27(28(36)32-20(2)3)34(23-12-10-13-23)29(37)26(33-30(38)39-31(4,5)6)19-21-15-17-24(35)18-16-21/h1,8-9,11,14-18,20,23,26-27,35H,10,12-13,19H2,2-6H3,(H,32,36)(H,33,38). The van der Waals surface area contributed by atoms with Crippen LogP contribution in [0.15, 0.2) is 48.5 Å². The quantitative estimate of drug-likeness (QED) is 0.413. The summed E-state index contributed by atoms with van der Waals surface area (Å²) in [6.45, 7) is 8.94. The first-order chi connectivity index (χ1) is 18.4. The van der Waals surface area contributed by atoms with Crippen molar-refractivity contribution >= 4 is 17.9 Å². The molecule has 3 amide bonds. The molecule has 0 radical (unpaired) electrons. The Morgan fingerprint density at radius 3 is 2.26 bits per heavy atom. The zero-order chi connectivity index (χ0) is 28.7. The smallest absolute Gasteiger partial charge is 0.408 e. The molecule has 0 heterocycles. The fraction of sp³-hybridized carbons (Fsp3) is 0.452. The summed E-state index contributed by atoms with van der Waals surface area (Å²) in [6.07, 6.45) is 7.59. The number of terminal acetylenes is 1. The third-order valence-electron chi connectivity index (χ3n) is 6.46. The Labute approximate surface area is 231 Å².